The summed E-state index contributed by atoms with van der Waals surface area (Å²) in [7, 11) is 1.49. The molecule has 2 atom stereocenters. The van der Waals surface area contributed by atoms with Crippen LogP contribution in [0.5, 0.6) is 0 Å². The molecule has 0 aliphatic heterocycles. The number of hydrogen-bond acceptors (Lipinski definition) is 3. The number of hydrogen-bond donors (Lipinski definition) is 1. The van der Waals surface area contributed by atoms with Crippen molar-refractivity contribution in [3.05, 3.63) is 35.6 Å². The maximum absolute atomic E-state index is 13.3. The molecule has 0 saturated heterocycles. The second-order valence-electron chi connectivity index (χ2n) is 6.65. The molecule has 0 aromatic heterocycles. The molecule has 1 aromatic carbocycles. The van der Waals surface area contributed by atoms with Gasteiger partial charge in [0.05, 0.1) is 5.92 Å². The Balaban J connectivity index is 2.87. The molecular weight excluding hydrogens is 301 g/mol. The van der Waals surface area contributed by atoms with Gasteiger partial charge in [0.2, 0.25) is 0 Å². The predicted molar refractivity (Wildman–Crippen MR) is 84.8 cm³/mol. The van der Waals surface area contributed by atoms with Crippen molar-refractivity contribution in [3.63, 3.8) is 0 Å². The number of nitrogens with zero attached hydrogens (tertiary/aromatic N) is 1. The lowest BCUT2D eigenvalue weighted by atomic mass is 9.87. The predicted octanol–water partition coefficient (Wildman–Crippen LogP) is 3.50. The summed E-state index contributed by atoms with van der Waals surface area (Å²) in [5, 5.41) is 9.46. The van der Waals surface area contributed by atoms with Gasteiger partial charge < -0.3 is 14.7 Å². The summed E-state index contributed by atoms with van der Waals surface area (Å²) in [6.45, 7) is 6.90. The number of carboxylic acids is 1. The molecule has 1 aromatic rings. The summed E-state index contributed by atoms with van der Waals surface area (Å²) >= 11 is 0. The first-order valence-corrected chi connectivity index (χ1v) is 7.43. The molecule has 6 heteroatoms. The van der Waals surface area contributed by atoms with Crippen LogP contribution in [0.3, 0.4) is 0 Å². The van der Waals surface area contributed by atoms with Crippen LogP contribution >= 0.6 is 0 Å². The van der Waals surface area contributed by atoms with Crippen molar-refractivity contribution in [2.75, 3.05) is 13.6 Å². The summed E-state index contributed by atoms with van der Waals surface area (Å²) in [6, 6.07) is 5.84. The third kappa shape index (κ3) is 5.88. The summed E-state index contributed by atoms with van der Waals surface area (Å²) in [5.41, 5.74) is -0.0758. The van der Waals surface area contributed by atoms with E-state index in [9.17, 15) is 19.1 Å². The molecule has 1 N–H and O–H groups in total. The lowest BCUT2D eigenvalue weighted by Gasteiger charge is -2.28. The van der Waals surface area contributed by atoms with Gasteiger partial charge in [0.15, 0.2) is 0 Å². The van der Waals surface area contributed by atoms with E-state index in [0.29, 0.717) is 5.56 Å². The lowest BCUT2D eigenvalue weighted by molar-refractivity contribution is -0.142. The molecule has 1 amide bonds. The number of halogens is 1. The van der Waals surface area contributed by atoms with Crippen LogP contribution in [-0.2, 0) is 9.53 Å². The minimum absolute atomic E-state index is 0.0259. The number of benzene rings is 1. The molecule has 0 spiro atoms. The van der Waals surface area contributed by atoms with Gasteiger partial charge in [0.25, 0.3) is 0 Å². The third-order valence-electron chi connectivity index (χ3n) is 3.47. The van der Waals surface area contributed by atoms with Gasteiger partial charge in [-0.1, -0.05) is 19.1 Å². The van der Waals surface area contributed by atoms with Gasteiger partial charge in [-0.15, -0.1) is 0 Å². The van der Waals surface area contributed by atoms with Crippen LogP contribution in [0.1, 0.15) is 39.2 Å². The van der Waals surface area contributed by atoms with Crippen LogP contribution in [0.15, 0.2) is 24.3 Å². The van der Waals surface area contributed by atoms with Crippen molar-refractivity contribution < 1.29 is 23.8 Å². The van der Waals surface area contributed by atoms with Crippen molar-refractivity contribution in [2.24, 2.45) is 5.92 Å². The smallest absolute Gasteiger partial charge is 0.410 e. The van der Waals surface area contributed by atoms with E-state index in [-0.39, 0.29) is 6.54 Å². The number of rotatable bonds is 5. The Morgan fingerprint density at radius 2 is 1.96 bits per heavy atom. The topological polar surface area (TPSA) is 66.8 Å². The van der Waals surface area contributed by atoms with Gasteiger partial charge in [-0.05, 0) is 44.4 Å². The lowest BCUT2D eigenvalue weighted by Crippen LogP contribution is -2.40. The van der Waals surface area contributed by atoms with Crippen molar-refractivity contribution >= 4 is 12.1 Å². The zero-order valence-corrected chi connectivity index (χ0v) is 14.2. The zero-order valence-electron chi connectivity index (χ0n) is 14.2. The molecule has 128 valence electrons. The fraction of sp³-hybridized carbons (Fsp3) is 0.529. The van der Waals surface area contributed by atoms with E-state index >= 15 is 0 Å². The zero-order chi connectivity index (χ0) is 17.8. The van der Waals surface area contributed by atoms with Gasteiger partial charge in [0, 0.05) is 13.6 Å². The highest BCUT2D eigenvalue weighted by atomic mass is 19.1. The van der Waals surface area contributed by atoms with Crippen LogP contribution in [0, 0.1) is 11.7 Å². The molecule has 0 bridgehead atoms. The molecule has 0 aliphatic rings. The minimum atomic E-state index is -1.04. The first-order valence-electron chi connectivity index (χ1n) is 7.43. The van der Waals surface area contributed by atoms with E-state index in [1.165, 1.54) is 30.1 Å². The van der Waals surface area contributed by atoms with Gasteiger partial charge in [-0.25, -0.2) is 9.18 Å². The Kier molecular flexibility index (Phi) is 6.12. The van der Waals surface area contributed by atoms with E-state index in [2.05, 4.69) is 0 Å². The van der Waals surface area contributed by atoms with E-state index in [4.69, 9.17) is 4.74 Å². The molecule has 1 rings (SSSR count). The first kappa shape index (κ1) is 18.9. The Labute approximate surface area is 136 Å². The molecule has 0 fully saturated rings. The van der Waals surface area contributed by atoms with Gasteiger partial charge in [0.1, 0.15) is 11.4 Å². The Bertz CT molecular complexity index is 568. The van der Waals surface area contributed by atoms with Crippen LogP contribution in [0.25, 0.3) is 0 Å². The van der Waals surface area contributed by atoms with Crippen LogP contribution < -0.4 is 0 Å². The molecule has 0 heterocycles. The molecule has 5 nitrogen and oxygen atoms in total. The van der Waals surface area contributed by atoms with Crippen molar-refractivity contribution in [1.82, 2.24) is 4.90 Å². The molecule has 2 unspecified atom stereocenters. The normalized spacial score (nSPS) is 14.0. The summed E-state index contributed by atoms with van der Waals surface area (Å²) in [5.74, 6) is -2.78. The average molecular weight is 325 g/mol. The molecule has 23 heavy (non-hydrogen) atoms. The quantitative estimate of drug-likeness (QED) is 0.900. The molecule has 0 radical (unpaired) electrons. The summed E-state index contributed by atoms with van der Waals surface area (Å²) in [4.78, 5) is 24.8. The minimum Gasteiger partial charge on any atom is -0.481 e. The van der Waals surface area contributed by atoms with Gasteiger partial charge >= 0.3 is 12.1 Å². The van der Waals surface area contributed by atoms with Crippen molar-refractivity contribution in [3.8, 4) is 0 Å². The highest BCUT2D eigenvalue weighted by Gasteiger charge is 2.30. The summed E-state index contributed by atoms with van der Waals surface area (Å²) in [6.07, 6.45) is -0.588. The van der Waals surface area contributed by atoms with Crippen molar-refractivity contribution in [1.29, 1.82) is 0 Å². The fourth-order valence-electron chi connectivity index (χ4n) is 2.18. The third-order valence-corrected chi connectivity index (χ3v) is 3.47. The van der Waals surface area contributed by atoms with Crippen LogP contribution in [-0.4, -0.2) is 41.3 Å². The second kappa shape index (κ2) is 7.44. The summed E-state index contributed by atoms with van der Waals surface area (Å²) < 4.78 is 18.6. The number of carbonyl (C=O) groups is 2. The Morgan fingerprint density at radius 3 is 2.43 bits per heavy atom. The van der Waals surface area contributed by atoms with Crippen LogP contribution in [0.2, 0.25) is 0 Å². The van der Waals surface area contributed by atoms with E-state index in [1.54, 1.807) is 33.8 Å². The molecular formula is C17H24FNO4. The van der Waals surface area contributed by atoms with E-state index < -0.39 is 35.3 Å². The van der Waals surface area contributed by atoms with E-state index in [0.717, 1.165) is 0 Å². The largest absolute Gasteiger partial charge is 0.481 e. The Morgan fingerprint density at radius 1 is 1.35 bits per heavy atom. The first-order chi connectivity index (χ1) is 10.5. The Hall–Kier alpha value is -2.11. The average Bonchev–Trinajstić information content (AvgIpc) is 2.41. The van der Waals surface area contributed by atoms with E-state index in [1.807, 2.05) is 0 Å². The monoisotopic (exact) mass is 325 g/mol. The fourth-order valence-corrected chi connectivity index (χ4v) is 2.18. The highest BCUT2D eigenvalue weighted by Crippen LogP contribution is 2.26. The molecule has 0 aliphatic carbocycles. The number of carboxylic acid groups (broad SMARTS) is 1. The van der Waals surface area contributed by atoms with Gasteiger partial charge in [-0.2, -0.15) is 0 Å². The maximum atomic E-state index is 13.3. The SMILES string of the molecule is CC(c1cccc(F)c1)C(CN(C)C(=O)OC(C)(C)C)C(=O)O. The molecule has 0 saturated carbocycles. The number of aliphatic carboxylic acids is 1. The van der Waals surface area contributed by atoms with Crippen molar-refractivity contribution in [2.45, 2.75) is 39.2 Å². The number of amides is 1. The number of ether oxygens (including phenoxy) is 1. The second-order valence-corrected chi connectivity index (χ2v) is 6.65. The maximum Gasteiger partial charge on any atom is 0.410 e. The van der Waals surface area contributed by atoms with Crippen LogP contribution in [0.4, 0.5) is 9.18 Å². The van der Waals surface area contributed by atoms with Gasteiger partial charge in [-0.3, -0.25) is 4.79 Å². The number of carbonyl (C=O) groups excluding carboxylic acids is 1. The highest BCUT2D eigenvalue weighted by molar-refractivity contribution is 5.73. The standard InChI is InChI=1S/C17H24FNO4/c1-11(12-7-6-8-13(18)9-12)14(15(20)21)10-19(5)16(22)23-17(2,3)4/h6-9,11,14H,10H2,1-5H3,(H,20,21).